The lowest BCUT2D eigenvalue weighted by atomic mass is 10.0. The van der Waals surface area contributed by atoms with E-state index in [9.17, 15) is 9.50 Å². The van der Waals surface area contributed by atoms with E-state index in [1.54, 1.807) is 12.1 Å². The Labute approximate surface area is 154 Å². The van der Waals surface area contributed by atoms with E-state index in [4.69, 9.17) is 4.74 Å². The number of aliphatic hydroxyl groups is 1. The molecule has 1 heterocycles. The van der Waals surface area contributed by atoms with E-state index in [0.717, 1.165) is 49.5 Å². The fourth-order valence-electron chi connectivity index (χ4n) is 3.51. The first-order valence-corrected chi connectivity index (χ1v) is 9.28. The van der Waals surface area contributed by atoms with Crippen LogP contribution in [0.25, 0.3) is 0 Å². The van der Waals surface area contributed by atoms with Crippen molar-refractivity contribution in [3.05, 3.63) is 59.4 Å². The number of ether oxygens (including phenoxy) is 1. The highest BCUT2D eigenvalue weighted by atomic mass is 19.1. The molecule has 0 radical (unpaired) electrons. The SMILES string of the molecule is CCOc1ccc(CN2CCCC(Nc3ccc(F)cc3)C2)cc1CO. The molecule has 0 spiro atoms. The van der Waals surface area contributed by atoms with E-state index in [1.807, 2.05) is 19.1 Å². The number of halogens is 1. The molecule has 0 amide bonds. The third-order valence-electron chi connectivity index (χ3n) is 4.72. The van der Waals surface area contributed by atoms with Crippen LogP contribution in [0.2, 0.25) is 0 Å². The zero-order valence-corrected chi connectivity index (χ0v) is 15.2. The third-order valence-corrected chi connectivity index (χ3v) is 4.72. The lowest BCUT2D eigenvalue weighted by Gasteiger charge is -2.33. The highest BCUT2D eigenvalue weighted by molar-refractivity contribution is 5.44. The number of benzene rings is 2. The van der Waals surface area contributed by atoms with E-state index in [1.165, 1.54) is 17.7 Å². The number of anilines is 1. The topological polar surface area (TPSA) is 44.7 Å². The minimum absolute atomic E-state index is 0.0160. The summed E-state index contributed by atoms with van der Waals surface area (Å²) in [5, 5.41) is 13.1. The van der Waals surface area contributed by atoms with Crippen molar-refractivity contribution in [2.75, 3.05) is 25.0 Å². The van der Waals surface area contributed by atoms with Gasteiger partial charge < -0.3 is 15.2 Å². The normalized spacial score (nSPS) is 17.9. The monoisotopic (exact) mass is 358 g/mol. The van der Waals surface area contributed by atoms with Crippen molar-refractivity contribution in [1.82, 2.24) is 4.90 Å². The van der Waals surface area contributed by atoms with Gasteiger partial charge in [0.2, 0.25) is 0 Å². The van der Waals surface area contributed by atoms with Gasteiger partial charge in [0.05, 0.1) is 13.2 Å². The summed E-state index contributed by atoms with van der Waals surface area (Å²) in [5.41, 5.74) is 2.98. The van der Waals surface area contributed by atoms with Gasteiger partial charge in [-0.05, 0) is 68.3 Å². The molecule has 1 unspecified atom stereocenters. The molecular weight excluding hydrogens is 331 g/mol. The van der Waals surface area contributed by atoms with Gasteiger partial charge in [-0.2, -0.15) is 0 Å². The van der Waals surface area contributed by atoms with Gasteiger partial charge in [0.25, 0.3) is 0 Å². The maximum absolute atomic E-state index is 13.0. The number of hydrogen-bond acceptors (Lipinski definition) is 4. The fraction of sp³-hybridized carbons (Fsp3) is 0.429. The molecule has 1 saturated heterocycles. The van der Waals surface area contributed by atoms with Gasteiger partial charge >= 0.3 is 0 Å². The van der Waals surface area contributed by atoms with Crippen molar-refractivity contribution in [2.45, 2.75) is 39.0 Å². The average Bonchev–Trinajstić information content (AvgIpc) is 2.65. The molecule has 0 saturated carbocycles. The van der Waals surface area contributed by atoms with Gasteiger partial charge in [0.15, 0.2) is 0 Å². The van der Waals surface area contributed by atoms with Crippen LogP contribution >= 0.6 is 0 Å². The Bertz CT molecular complexity index is 706. The van der Waals surface area contributed by atoms with Crippen LogP contribution in [0.1, 0.15) is 30.9 Å². The van der Waals surface area contributed by atoms with Crippen LogP contribution in [-0.4, -0.2) is 35.7 Å². The maximum Gasteiger partial charge on any atom is 0.124 e. The standard InChI is InChI=1S/C21H27FN2O2/c1-2-26-21-10-5-16(12-17(21)15-25)13-24-11-3-4-20(14-24)23-19-8-6-18(22)7-9-19/h5-10,12,20,23,25H,2-4,11,13-15H2,1H3. The predicted molar refractivity (Wildman–Crippen MR) is 102 cm³/mol. The number of rotatable bonds is 7. The number of nitrogens with zero attached hydrogens (tertiary/aromatic N) is 1. The number of hydrogen-bond donors (Lipinski definition) is 2. The van der Waals surface area contributed by atoms with Gasteiger partial charge in [0, 0.05) is 30.4 Å². The van der Waals surface area contributed by atoms with E-state index in [-0.39, 0.29) is 12.4 Å². The van der Waals surface area contributed by atoms with Crippen LogP contribution in [0.15, 0.2) is 42.5 Å². The van der Waals surface area contributed by atoms with Crippen molar-refractivity contribution in [2.24, 2.45) is 0 Å². The lowest BCUT2D eigenvalue weighted by molar-refractivity contribution is 0.208. The van der Waals surface area contributed by atoms with E-state index in [0.29, 0.717) is 12.6 Å². The van der Waals surface area contributed by atoms with Crippen molar-refractivity contribution < 1.29 is 14.2 Å². The molecule has 1 atom stereocenters. The Morgan fingerprint density at radius 1 is 1.23 bits per heavy atom. The lowest BCUT2D eigenvalue weighted by Crippen LogP contribution is -2.41. The van der Waals surface area contributed by atoms with Gasteiger partial charge in [-0.15, -0.1) is 0 Å². The Morgan fingerprint density at radius 2 is 2.04 bits per heavy atom. The number of likely N-dealkylation sites (tertiary alicyclic amines) is 1. The van der Waals surface area contributed by atoms with Crippen molar-refractivity contribution in [3.63, 3.8) is 0 Å². The van der Waals surface area contributed by atoms with E-state index in [2.05, 4.69) is 16.3 Å². The summed E-state index contributed by atoms with van der Waals surface area (Å²) in [6.07, 6.45) is 2.24. The average molecular weight is 358 g/mol. The van der Waals surface area contributed by atoms with Crippen molar-refractivity contribution >= 4 is 5.69 Å². The Balaban J connectivity index is 1.60. The number of piperidine rings is 1. The predicted octanol–water partition coefficient (Wildman–Crippen LogP) is 3.79. The van der Waals surface area contributed by atoms with Gasteiger partial charge in [-0.25, -0.2) is 4.39 Å². The van der Waals surface area contributed by atoms with Crippen LogP contribution in [-0.2, 0) is 13.2 Å². The first-order valence-electron chi connectivity index (χ1n) is 9.28. The molecule has 0 bridgehead atoms. The molecule has 5 heteroatoms. The molecule has 2 N–H and O–H groups in total. The summed E-state index contributed by atoms with van der Waals surface area (Å²) in [5.74, 6) is 0.546. The molecule has 26 heavy (non-hydrogen) atoms. The summed E-state index contributed by atoms with van der Waals surface area (Å²) in [4.78, 5) is 2.42. The summed E-state index contributed by atoms with van der Waals surface area (Å²) in [6, 6.07) is 12.9. The summed E-state index contributed by atoms with van der Waals surface area (Å²) < 4.78 is 18.6. The molecule has 1 aliphatic rings. The van der Waals surface area contributed by atoms with Crippen LogP contribution in [0, 0.1) is 5.82 Å². The molecular formula is C21H27FN2O2. The van der Waals surface area contributed by atoms with Gasteiger partial charge in [-0.3, -0.25) is 4.90 Å². The zero-order chi connectivity index (χ0) is 18.4. The fourth-order valence-corrected chi connectivity index (χ4v) is 3.51. The molecule has 1 aliphatic heterocycles. The third kappa shape index (κ3) is 4.96. The molecule has 1 fully saturated rings. The first kappa shape index (κ1) is 18.7. The molecule has 2 aromatic carbocycles. The second kappa shape index (κ2) is 9.01. The van der Waals surface area contributed by atoms with Crippen molar-refractivity contribution in [1.29, 1.82) is 0 Å². The maximum atomic E-state index is 13.0. The molecule has 3 rings (SSSR count). The first-order chi connectivity index (χ1) is 12.7. The summed E-state index contributed by atoms with van der Waals surface area (Å²) in [6.45, 7) is 5.37. The zero-order valence-electron chi connectivity index (χ0n) is 15.2. The van der Waals surface area contributed by atoms with E-state index < -0.39 is 0 Å². The smallest absolute Gasteiger partial charge is 0.124 e. The Morgan fingerprint density at radius 3 is 2.77 bits per heavy atom. The van der Waals surface area contributed by atoms with Gasteiger partial charge in [0.1, 0.15) is 11.6 Å². The number of nitrogens with one attached hydrogen (secondary N) is 1. The molecule has 2 aromatic rings. The van der Waals surface area contributed by atoms with Crippen LogP contribution in [0.5, 0.6) is 5.75 Å². The molecule has 4 nitrogen and oxygen atoms in total. The summed E-state index contributed by atoms with van der Waals surface area (Å²) in [7, 11) is 0. The van der Waals surface area contributed by atoms with Crippen molar-refractivity contribution in [3.8, 4) is 5.75 Å². The Kier molecular flexibility index (Phi) is 6.47. The highest BCUT2D eigenvalue weighted by Gasteiger charge is 2.20. The molecule has 140 valence electrons. The largest absolute Gasteiger partial charge is 0.494 e. The summed E-state index contributed by atoms with van der Waals surface area (Å²) >= 11 is 0. The quantitative estimate of drug-likeness (QED) is 0.790. The van der Waals surface area contributed by atoms with Crippen LogP contribution in [0.4, 0.5) is 10.1 Å². The Hall–Kier alpha value is -2.11. The van der Waals surface area contributed by atoms with Crippen LogP contribution < -0.4 is 10.1 Å². The number of aliphatic hydroxyl groups excluding tert-OH is 1. The molecule has 0 aromatic heterocycles. The minimum atomic E-state index is -0.212. The van der Waals surface area contributed by atoms with E-state index >= 15 is 0 Å². The highest BCUT2D eigenvalue weighted by Crippen LogP contribution is 2.23. The molecule has 0 aliphatic carbocycles. The second-order valence-corrected chi connectivity index (χ2v) is 6.76. The minimum Gasteiger partial charge on any atom is -0.494 e. The second-order valence-electron chi connectivity index (χ2n) is 6.76. The van der Waals surface area contributed by atoms with Crippen LogP contribution in [0.3, 0.4) is 0 Å². The van der Waals surface area contributed by atoms with Gasteiger partial charge in [-0.1, -0.05) is 6.07 Å².